The van der Waals surface area contributed by atoms with Gasteiger partial charge in [0.2, 0.25) is 0 Å². The lowest BCUT2D eigenvalue weighted by atomic mass is 9.96. The maximum Gasteiger partial charge on any atom is 0.187 e. The molecule has 15 atom stereocenters. The molecule has 194 valence electrons. The zero-order chi connectivity index (χ0) is 24.6. The van der Waals surface area contributed by atoms with E-state index in [4.69, 9.17) is 23.7 Å². The van der Waals surface area contributed by atoms with Crippen molar-refractivity contribution in [2.24, 2.45) is 0 Å². The molecule has 15 heteroatoms. The number of aliphatic hydroxyl groups is 10. The molecule has 0 aliphatic carbocycles. The second-order valence-electron chi connectivity index (χ2n) is 8.32. The zero-order valence-corrected chi connectivity index (χ0v) is 17.6. The molecule has 0 spiro atoms. The molecule has 0 saturated carbocycles. The summed E-state index contributed by atoms with van der Waals surface area (Å²) in [7, 11) is 0. The van der Waals surface area contributed by atoms with Crippen molar-refractivity contribution in [2.75, 3.05) is 13.2 Å². The molecule has 3 aliphatic heterocycles. The summed E-state index contributed by atoms with van der Waals surface area (Å²) in [6.07, 6.45) is -24.0. The van der Waals surface area contributed by atoms with Gasteiger partial charge in [0.05, 0.1) is 19.3 Å². The first-order valence-corrected chi connectivity index (χ1v) is 10.4. The minimum atomic E-state index is -1.84. The van der Waals surface area contributed by atoms with E-state index >= 15 is 0 Å². The first-order chi connectivity index (χ1) is 15.5. The highest BCUT2D eigenvalue weighted by molar-refractivity contribution is 4.95. The zero-order valence-electron chi connectivity index (χ0n) is 17.6. The van der Waals surface area contributed by atoms with Gasteiger partial charge in [0.1, 0.15) is 67.1 Å². The molecule has 0 radical (unpaired) electrons. The van der Waals surface area contributed by atoms with E-state index in [1.165, 1.54) is 6.92 Å². The Kier molecular flexibility index (Phi) is 8.99. The molecule has 0 unspecified atom stereocenters. The molecule has 3 heterocycles. The van der Waals surface area contributed by atoms with Crippen LogP contribution in [0.3, 0.4) is 0 Å². The Bertz CT molecular complexity index is 624. The molecule has 0 aromatic heterocycles. The van der Waals surface area contributed by atoms with Crippen LogP contribution in [-0.2, 0) is 23.7 Å². The number of ether oxygens (including phenoxy) is 5. The highest BCUT2D eigenvalue weighted by Crippen LogP contribution is 2.32. The first-order valence-electron chi connectivity index (χ1n) is 10.4. The van der Waals surface area contributed by atoms with Crippen LogP contribution in [-0.4, -0.2) is 156 Å². The summed E-state index contributed by atoms with van der Waals surface area (Å²) in [4.78, 5) is 0. The fraction of sp³-hybridized carbons (Fsp3) is 1.00. The molecule has 3 rings (SSSR count). The van der Waals surface area contributed by atoms with Crippen LogP contribution in [0.2, 0.25) is 0 Å². The first kappa shape index (κ1) is 27.0. The average molecular weight is 488 g/mol. The molecule has 3 saturated heterocycles. The highest BCUT2D eigenvalue weighted by atomic mass is 16.8. The van der Waals surface area contributed by atoms with E-state index in [0.717, 1.165) is 0 Å². The van der Waals surface area contributed by atoms with Gasteiger partial charge in [-0.1, -0.05) is 0 Å². The molecule has 33 heavy (non-hydrogen) atoms. The van der Waals surface area contributed by atoms with Crippen molar-refractivity contribution in [1.29, 1.82) is 0 Å². The largest absolute Gasteiger partial charge is 0.394 e. The predicted molar refractivity (Wildman–Crippen MR) is 99.8 cm³/mol. The molecular formula is C18H32O15. The molecule has 3 fully saturated rings. The van der Waals surface area contributed by atoms with E-state index in [1.54, 1.807) is 0 Å². The van der Waals surface area contributed by atoms with Gasteiger partial charge in [0.15, 0.2) is 18.9 Å². The number of rotatable bonds is 6. The van der Waals surface area contributed by atoms with Crippen molar-refractivity contribution in [3.05, 3.63) is 0 Å². The Morgan fingerprint density at radius 3 is 1.61 bits per heavy atom. The minimum Gasteiger partial charge on any atom is -0.394 e. The smallest absolute Gasteiger partial charge is 0.187 e. The summed E-state index contributed by atoms with van der Waals surface area (Å²) in [5.74, 6) is 0. The normalized spacial score (nSPS) is 53.7. The van der Waals surface area contributed by atoms with Gasteiger partial charge in [-0.25, -0.2) is 0 Å². The van der Waals surface area contributed by atoms with Crippen LogP contribution < -0.4 is 0 Å². The standard InChI is InChI=1S/C18H32O15/c1-4-14(11(25)12(26)16(28)29-4)32-18-15(10(24)8(22)6(3-20)31-18)33-17-13(27)9(23)7(21)5(2-19)30-17/h4-28H,2-3H2,1H3/t4-,5+,6+,7-,8+,9-,10-,11-,12+,13+,14-,15-,16+,17+,18+/m0/s1. The third-order valence-corrected chi connectivity index (χ3v) is 6.05. The van der Waals surface area contributed by atoms with Crippen molar-refractivity contribution in [3.63, 3.8) is 0 Å². The van der Waals surface area contributed by atoms with Gasteiger partial charge in [-0.2, -0.15) is 0 Å². The molecule has 0 aromatic carbocycles. The predicted octanol–water partition coefficient (Wildman–Crippen LogP) is -6.55. The molecule has 0 aromatic rings. The van der Waals surface area contributed by atoms with Crippen LogP contribution in [0, 0.1) is 0 Å². The van der Waals surface area contributed by atoms with Crippen LogP contribution in [0.25, 0.3) is 0 Å². The molecule has 10 N–H and O–H groups in total. The van der Waals surface area contributed by atoms with Gasteiger partial charge in [0, 0.05) is 0 Å². The van der Waals surface area contributed by atoms with Crippen LogP contribution in [0.5, 0.6) is 0 Å². The number of aliphatic hydroxyl groups excluding tert-OH is 10. The van der Waals surface area contributed by atoms with Crippen molar-refractivity contribution in [3.8, 4) is 0 Å². The summed E-state index contributed by atoms with van der Waals surface area (Å²) in [5.41, 5.74) is 0. The van der Waals surface area contributed by atoms with Gasteiger partial charge >= 0.3 is 0 Å². The van der Waals surface area contributed by atoms with Gasteiger partial charge in [-0.3, -0.25) is 0 Å². The van der Waals surface area contributed by atoms with E-state index < -0.39 is 105 Å². The molecule has 0 amide bonds. The topological polar surface area (TPSA) is 248 Å². The quantitative estimate of drug-likeness (QED) is 0.167. The van der Waals surface area contributed by atoms with E-state index in [0.29, 0.717) is 0 Å². The lowest BCUT2D eigenvalue weighted by Gasteiger charge is -2.48. The van der Waals surface area contributed by atoms with Gasteiger partial charge in [0.25, 0.3) is 0 Å². The van der Waals surface area contributed by atoms with Crippen LogP contribution in [0.1, 0.15) is 6.92 Å². The van der Waals surface area contributed by atoms with Gasteiger partial charge in [-0.05, 0) is 6.92 Å². The fourth-order valence-corrected chi connectivity index (χ4v) is 4.01. The molecule has 0 bridgehead atoms. The Labute approximate surface area is 187 Å². The lowest BCUT2D eigenvalue weighted by molar-refractivity contribution is -0.385. The Hall–Kier alpha value is -0.600. The van der Waals surface area contributed by atoms with E-state index in [2.05, 4.69) is 0 Å². The van der Waals surface area contributed by atoms with E-state index in [9.17, 15) is 51.1 Å². The summed E-state index contributed by atoms with van der Waals surface area (Å²) in [5, 5.41) is 99.6. The van der Waals surface area contributed by atoms with Crippen LogP contribution in [0.15, 0.2) is 0 Å². The number of hydrogen-bond donors (Lipinski definition) is 10. The second-order valence-corrected chi connectivity index (χ2v) is 8.32. The van der Waals surface area contributed by atoms with Crippen molar-refractivity contribution >= 4 is 0 Å². The fourth-order valence-electron chi connectivity index (χ4n) is 4.01. The van der Waals surface area contributed by atoms with Crippen molar-refractivity contribution in [1.82, 2.24) is 0 Å². The Balaban J connectivity index is 1.82. The van der Waals surface area contributed by atoms with Crippen molar-refractivity contribution in [2.45, 2.75) is 99.0 Å². The highest BCUT2D eigenvalue weighted by Gasteiger charge is 2.53. The molecule has 15 nitrogen and oxygen atoms in total. The summed E-state index contributed by atoms with van der Waals surface area (Å²) >= 11 is 0. The summed E-state index contributed by atoms with van der Waals surface area (Å²) in [6.45, 7) is -0.0768. The SMILES string of the molecule is C[C@@H]1O[C@@H](O)[C@H](O)[C@H](O)[C@H]1O[C@H]1O[C@H](CO)[C@@H](O)[C@H](O)[C@@H]1O[C@H]1O[C@H](CO)[C@H](O)[C@H](O)[C@H]1O. The Morgan fingerprint density at radius 1 is 0.545 bits per heavy atom. The van der Waals surface area contributed by atoms with Gasteiger partial charge in [-0.15, -0.1) is 0 Å². The Morgan fingerprint density at radius 2 is 1.03 bits per heavy atom. The average Bonchev–Trinajstić information content (AvgIpc) is 2.79. The van der Waals surface area contributed by atoms with Crippen molar-refractivity contribution < 1.29 is 74.7 Å². The monoisotopic (exact) mass is 488 g/mol. The van der Waals surface area contributed by atoms with E-state index in [1.807, 2.05) is 0 Å². The van der Waals surface area contributed by atoms with Gasteiger partial charge < -0.3 is 74.7 Å². The lowest BCUT2D eigenvalue weighted by Crippen LogP contribution is -2.66. The minimum absolute atomic E-state index is 0.743. The number of hydrogen-bond acceptors (Lipinski definition) is 15. The van der Waals surface area contributed by atoms with Crippen LogP contribution >= 0.6 is 0 Å². The third-order valence-electron chi connectivity index (χ3n) is 6.05. The molecule has 3 aliphatic rings. The summed E-state index contributed by atoms with van der Waals surface area (Å²) < 4.78 is 26.9. The second kappa shape index (κ2) is 11.0. The summed E-state index contributed by atoms with van der Waals surface area (Å²) in [6, 6.07) is 0. The maximum absolute atomic E-state index is 10.6. The maximum atomic E-state index is 10.6. The third kappa shape index (κ3) is 5.32. The molecular weight excluding hydrogens is 456 g/mol. The van der Waals surface area contributed by atoms with Crippen LogP contribution in [0.4, 0.5) is 0 Å². The van der Waals surface area contributed by atoms with E-state index in [-0.39, 0.29) is 0 Å².